The predicted molar refractivity (Wildman–Crippen MR) is 119 cm³/mol. The SMILES string of the molecule is COCCNC(=O)c1csc(-c2ccc(OCc3ccc(Cl)cc3Cl)c(OC)c2)n1. The van der Waals surface area contributed by atoms with Crippen LogP contribution in [0.25, 0.3) is 10.6 Å². The second-order valence-corrected chi connectivity index (χ2v) is 7.88. The van der Waals surface area contributed by atoms with E-state index in [9.17, 15) is 4.79 Å². The van der Waals surface area contributed by atoms with Gasteiger partial charge in [0.2, 0.25) is 0 Å². The lowest BCUT2D eigenvalue weighted by Gasteiger charge is -2.12. The van der Waals surface area contributed by atoms with E-state index in [-0.39, 0.29) is 12.5 Å². The van der Waals surface area contributed by atoms with E-state index in [0.29, 0.717) is 45.4 Å². The Kier molecular flexibility index (Phi) is 7.93. The normalized spacial score (nSPS) is 10.7. The zero-order valence-electron chi connectivity index (χ0n) is 16.4. The number of hydrogen-bond donors (Lipinski definition) is 1. The van der Waals surface area contributed by atoms with E-state index in [2.05, 4.69) is 10.3 Å². The van der Waals surface area contributed by atoms with Gasteiger partial charge in [0.25, 0.3) is 5.91 Å². The molecule has 1 amide bonds. The van der Waals surface area contributed by atoms with E-state index < -0.39 is 0 Å². The monoisotopic (exact) mass is 466 g/mol. The molecule has 0 aliphatic heterocycles. The topological polar surface area (TPSA) is 69.7 Å². The summed E-state index contributed by atoms with van der Waals surface area (Å²) in [4.78, 5) is 16.5. The highest BCUT2D eigenvalue weighted by molar-refractivity contribution is 7.13. The molecule has 1 N–H and O–H groups in total. The average Bonchev–Trinajstić information content (AvgIpc) is 3.23. The zero-order chi connectivity index (χ0) is 21.5. The van der Waals surface area contributed by atoms with Crippen molar-refractivity contribution >= 4 is 40.4 Å². The molecule has 0 saturated heterocycles. The van der Waals surface area contributed by atoms with Gasteiger partial charge in [-0.05, 0) is 30.3 Å². The molecule has 9 heteroatoms. The van der Waals surface area contributed by atoms with Crippen LogP contribution in [0.1, 0.15) is 16.1 Å². The Morgan fingerprint density at radius 1 is 1.13 bits per heavy atom. The fourth-order valence-corrected chi connectivity index (χ4v) is 3.84. The number of methoxy groups -OCH3 is 2. The highest BCUT2D eigenvalue weighted by atomic mass is 35.5. The Morgan fingerprint density at radius 2 is 1.97 bits per heavy atom. The minimum atomic E-state index is -0.235. The smallest absolute Gasteiger partial charge is 0.270 e. The van der Waals surface area contributed by atoms with Crippen molar-refractivity contribution in [3.8, 4) is 22.1 Å². The number of halogens is 2. The summed E-state index contributed by atoms with van der Waals surface area (Å²) >= 11 is 13.5. The lowest BCUT2D eigenvalue weighted by molar-refractivity contribution is 0.0933. The first-order valence-corrected chi connectivity index (χ1v) is 10.6. The van der Waals surface area contributed by atoms with Gasteiger partial charge in [-0.1, -0.05) is 29.3 Å². The summed E-state index contributed by atoms with van der Waals surface area (Å²) in [5.74, 6) is 0.890. The van der Waals surface area contributed by atoms with Crippen molar-refractivity contribution in [2.24, 2.45) is 0 Å². The summed E-state index contributed by atoms with van der Waals surface area (Å²) in [6, 6.07) is 10.8. The number of benzene rings is 2. The van der Waals surface area contributed by atoms with Crippen molar-refractivity contribution in [3.63, 3.8) is 0 Å². The first-order valence-electron chi connectivity index (χ1n) is 8.99. The number of nitrogens with one attached hydrogen (secondary N) is 1. The molecule has 0 fully saturated rings. The number of nitrogens with zero attached hydrogens (tertiary/aromatic N) is 1. The Bertz CT molecular complexity index is 1030. The molecule has 0 atom stereocenters. The maximum Gasteiger partial charge on any atom is 0.270 e. The third kappa shape index (κ3) is 5.64. The van der Waals surface area contributed by atoms with Crippen molar-refractivity contribution in [3.05, 3.63) is 63.1 Å². The third-order valence-corrected chi connectivity index (χ3v) is 5.62. The van der Waals surface area contributed by atoms with Crippen LogP contribution in [-0.2, 0) is 11.3 Å². The van der Waals surface area contributed by atoms with E-state index in [1.807, 2.05) is 18.2 Å². The fraction of sp³-hybridized carbons (Fsp3) is 0.238. The molecule has 30 heavy (non-hydrogen) atoms. The van der Waals surface area contributed by atoms with Gasteiger partial charge in [-0.15, -0.1) is 11.3 Å². The molecule has 0 spiro atoms. The number of amides is 1. The second-order valence-electron chi connectivity index (χ2n) is 6.18. The quantitative estimate of drug-likeness (QED) is 0.445. The average molecular weight is 467 g/mol. The lowest BCUT2D eigenvalue weighted by Crippen LogP contribution is -2.27. The van der Waals surface area contributed by atoms with Gasteiger partial charge in [0.05, 0.1) is 13.7 Å². The van der Waals surface area contributed by atoms with Crippen LogP contribution in [0.15, 0.2) is 41.8 Å². The molecule has 158 valence electrons. The summed E-state index contributed by atoms with van der Waals surface area (Å²) in [6.45, 7) is 1.15. The second kappa shape index (κ2) is 10.6. The van der Waals surface area contributed by atoms with E-state index in [0.717, 1.165) is 11.1 Å². The van der Waals surface area contributed by atoms with E-state index in [1.54, 1.807) is 37.8 Å². The number of thiazole rings is 1. The largest absolute Gasteiger partial charge is 0.493 e. The van der Waals surface area contributed by atoms with Crippen molar-refractivity contribution < 1.29 is 19.0 Å². The third-order valence-electron chi connectivity index (χ3n) is 4.14. The van der Waals surface area contributed by atoms with Gasteiger partial charge in [-0.25, -0.2) is 4.98 Å². The molecule has 1 heterocycles. The Morgan fingerprint density at radius 3 is 2.70 bits per heavy atom. The number of carbonyl (C=O) groups is 1. The summed E-state index contributed by atoms with van der Waals surface area (Å²) in [5, 5.41) is 6.29. The van der Waals surface area contributed by atoms with Crippen LogP contribution in [0.4, 0.5) is 0 Å². The predicted octanol–water partition coefficient (Wildman–Crippen LogP) is 5.08. The Labute approximate surface area is 188 Å². The summed E-state index contributed by atoms with van der Waals surface area (Å²) in [5.41, 5.74) is 2.00. The van der Waals surface area contributed by atoms with Crippen molar-refractivity contribution in [1.29, 1.82) is 0 Å². The lowest BCUT2D eigenvalue weighted by atomic mass is 10.2. The molecular weight excluding hydrogens is 447 g/mol. The van der Waals surface area contributed by atoms with Gasteiger partial charge in [0.15, 0.2) is 11.5 Å². The zero-order valence-corrected chi connectivity index (χ0v) is 18.7. The molecule has 0 saturated carbocycles. The molecule has 6 nitrogen and oxygen atoms in total. The van der Waals surface area contributed by atoms with Crippen LogP contribution in [0.3, 0.4) is 0 Å². The van der Waals surface area contributed by atoms with Gasteiger partial charge in [0, 0.05) is 40.2 Å². The van der Waals surface area contributed by atoms with E-state index >= 15 is 0 Å². The summed E-state index contributed by atoms with van der Waals surface area (Å²) in [6.07, 6.45) is 0. The molecule has 2 aromatic carbocycles. The fourth-order valence-electron chi connectivity index (χ4n) is 2.58. The van der Waals surface area contributed by atoms with E-state index in [4.69, 9.17) is 37.4 Å². The molecule has 0 unspecified atom stereocenters. The minimum absolute atomic E-state index is 0.235. The van der Waals surface area contributed by atoms with Crippen molar-refractivity contribution in [2.45, 2.75) is 6.61 Å². The van der Waals surface area contributed by atoms with Crippen molar-refractivity contribution in [1.82, 2.24) is 10.3 Å². The standard InChI is InChI=1S/C21H20Cl2N2O4S/c1-27-8-7-24-20(26)17-12-30-21(25-17)13-4-6-18(19(9-13)28-2)29-11-14-3-5-15(22)10-16(14)23/h3-6,9-10,12H,7-8,11H2,1-2H3,(H,24,26). The van der Waals surface area contributed by atoms with Crippen LogP contribution in [0.2, 0.25) is 10.0 Å². The van der Waals surface area contributed by atoms with E-state index in [1.165, 1.54) is 11.3 Å². The maximum atomic E-state index is 12.1. The molecule has 3 rings (SSSR count). The molecule has 1 aromatic heterocycles. The van der Waals surface area contributed by atoms with Crippen LogP contribution < -0.4 is 14.8 Å². The summed E-state index contributed by atoms with van der Waals surface area (Å²) in [7, 11) is 3.15. The number of ether oxygens (including phenoxy) is 3. The van der Waals surface area contributed by atoms with Crippen LogP contribution >= 0.6 is 34.5 Å². The highest BCUT2D eigenvalue weighted by Gasteiger charge is 2.14. The van der Waals surface area contributed by atoms with Crippen LogP contribution in [0.5, 0.6) is 11.5 Å². The van der Waals surface area contributed by atoms with Crippen LogP contribution in [-0.4, -0.2) is 38.3 Å². The number of carbonyl (C=O) groups excluding carboxylic acids is 1. The van der Waals surface area contributed by atoms with Gasteiger partial charge < -0.3 is 19.5 Å². The Hall–Kier alpha value is -2.32. The maximum absolute atomic E-state index is 12.1. The Balaban J connectivity index is 1.72. The molecule has 0 aliphatic rings. The highest BCUT2D eigenvalue weighted by Crippen LogP contribution is 2.34. The van der Waals surface area contributed by atoms with Gasteiger partial charge >= 0.3 is 0 Å². The van der Waals surface area contributed by atoms with Crippen LogP contribution in [0, 0.1) is 0 Å². The first kappa shape index (κ1) is 22.4. The molecular formula is C21H20Cl2N2O4S. The number of rotatable bonds is 9. The minimum Gasteiger partial charge on any atom is -0.493 e. The molecule has 0 bridgehead atoms. The number of hydrogen-bond acceptors (Lipinski definition) is 6. The van der Waals surface area contributed by atoms with Gasteiger partial charge in [0.1, 0.15) is 17.3 Å². The molecule has 3 aromatic rings. The molecule has 0 aliphatic carbocycles. The van der Waals surface area contributed by atoms with Gasteiger partial charge in [-0.2, -0.15) is 0 Å². The van der Waals surface area contributed by atoms with Crippen molar-refractivity contribution in [2.75, 3.05) is 27.4 Å². The number of aromatic nitrogens is 1. The summed E-state index contributed by atoms with van der Waals surface area (Å²) < 4.78 is 16.3. The molecule has 0 radical (unpaired) electrons. The first-order chi connectivity index (χ1) is 14.5. The van der Waals surface area contributed by atoms with Gasteiger partial charge in [-0.3, -0.25) is 4.79 Å².